The Morgan fingerprint density at radius 3 is 2.88 bits per heavy atom. The molecule has 0 aromatic heterocycles. The quantitative estimate of drug-likeness (QED) is 0.765. The van der Waals surface area contributed by atoms with Gasteiger partial charge in [0.1, 0.15) is 12.4 Å². The largest absolute Gasteiger partial charge is 0.491 e. The number of ether oxygens (including phenoxy) is 2. The SMILES string of the molecule is COCCOc1ccccc1C1=CCNC1. The molecule has 0 amide bonds. The number of benzene rings is 1. The highest BCUT2D eigenvalue weighted by molar-refractivity contribution is 5.73. The number of rotatable bonds is 5. The Bertz CT molecular complexity index is 374. The van der Waals surface area contributed by atoms with E-state index >= 15 is 0 Å². The van der Waals surface area contributed by atoms with E-state index in [9.17, 15) is 0 Å². The first-order valence-electron chi connectivity index (χ1n) is 5.52. The van der Waals surface area contributed by atoms with Gasteiger partial charge in [0.05, 0.1) is 6.61 Å². The van der Waals surface area contributed by atoms with Crippen LogP contribution in [0.3, 0.4) is 0 Å². The molecule has 16 heavy (non-hydrogen) atoms. The van der Waals surface area contributed by atoms with Crippen molar-refractivity contribution in [1.82, 2.24) is 5.32 Å². The van der Waals surface area contributed by atoms with Gasteiger partial charge in [0.15, 0.2) is 0 Å². The van der Waals surface area contributed by atoms with E-state index in [0.717, 1.165) is 18.8 Å². The number of para-hydroxylation sites is 1. The molecule has 3 heteroatoms. The van der Waals surface area contributed by atoms with Crippen LogP contribution in [-0.4, -0.2) is 33.4 Å². The van der Waals surface area contributed by atoms with Gasteiger partial charge in [-0.15, -0.1) is 0 Å². The standard InChI is InChI=1S/C13H17NO2/c1-15-8-9-16-13-5-3-2-4-12(13)11-6-7-14-10-11/h2-6,14H,7-10H2,1H3. The van der Waals surface area contributed by atoms with Gasteiger partial charge >= 0.3 is 0 Å². The zero-order chi connectivity index (χ0) is 11.2. The topological polar surface area (TPSA) is 30.5 Å². The van der Waals surface area contributed by atoms with Crippen LogP contribution in [0.5, 0.6) is 5.75 Å². The normalized spacial score (nSPS) is 14.9. The van der Waals surface area contributed by atoms with E-state index in [2.05, 4.69) is 17.5 Å². The molecule has 0 unspecified atom stereocenters. The molecule has 0 atom stereocenters. The summed E-state index contributed by atoms with van der Waals surface area (Å²) < 4.78 is 10.7. The predicted octanol–water partition coefficient (Wildman–Crippen LogP) is 1.70. The summed E-state index contributed by atoms with van der Waals surface area (Å²) in [4.78, 5) is 0. The minimum absolute atomic E-state index is 0.591. The van der Waals surface area contributed by atoms with Crippen molar-refractivity contribution in [2.45, 2.75) is 0 Å². The fourth-order valence-electron chi connectivity index (χ4n) is 1.77. The van der Waals surface area contributed by atoms with Crippen molar-refractivity contribution in [2.24, 2.45) is 0 Å². The van der Waals surface area contributed by atoms with E-state index in [1.165, 1.54) is 11.1 Å². The van der Waals surface area contributed by atoms with Gasteiger partial charge in [-0.3, -0.25) is 0 Å². The number of hydrogen-bond acceptors (Lipinski definition) is 3. The maximum atomic E-state index is 5.70. The molecule has 0 radical (unpaired) electrons. The van der Waals surface area contributed by atoms with Gasteiger partial charge < -0.3 is 14.8 Å². The Morgan fingerprint density at radius 2 is 2.12 bits per heavy atom. The molecule has 1 aromatic carbocycles. The van der Waals surface area contributed by atoms with Crippen LogP contribution >= 0.6 is 0 Å². The van der Waals surface area contributed by atoms with E-state index in [-0.39, 0.29) is 0 Å². The summed E-state index contributed by atoms with van der Waals surface area (Å²) in [6.45, 7) is 3.08. The number of methoxy groups -OCH3 is 1. The summed E-state index contributed by atoms with van der Waals surface area (Å²) in [5.74, 6) is 0.939. The fourth-order valence-corrected chi connectivity index (χ4v) is 1.77. The van der Waals surface area contributed by atoms with Gasteiger partial charge in [-0.05, 0) is 11.6 Å². The van der Waals surface area contributed by atoms with Crippen LogP contribution in [0.15, 0.2) is 30.3 Å². The summed E-state index contributed by atoms with van der Waals surface area (Å²) in [6.07, 6.45) is 2.21. The lowest BCUT2D eigenvalue weighted by molar-refractivity contribution is 0.146. The Hall–Kier alpha value is -1.32. The lowest BCUT2D eigenvalue weighted by atomic mass is 10.1. The van der Waals surface area contributed by atoms with Crippen molar-refractivity contribution in [3.8, 4) is 5.75 Å². The predicted molar refractivity (Wildman–Crippen MR) is 64.7 cm³/mol. The van der Waals surface area contributed by atoms with Gasteiger partial charge in [-0.2, -0.15) is 0 Å². The van der Waals surface area contributed by atoms with Crippen LogP contribution in [0.1, 0.15) is 5.56 Å². The van der Waals surface area contributed by atoms with Gasteiger partial charge in [-0.25, -0.2) is 0 Å². The van der Waals surface area contributed by atoms with E-state index in [1.807, 2.05) is 18.2 Å². The molecule has 1 N–H and O–H groups in total. The lowest BCUT2D eigenvalue weighted by Crippen LogP contribution is -2.09. The van der Waals surface area contributed by atoms with E-state index in [1.54, 1.807) is 7.11 Å². The van der Waals surface area contributed by atoms with Crippen LogP contribution < -0.4 is 10.1 Å². The van der Waals surface area contributed by atoms with E-state index < -0.39 is 0 Å². The van der Waals surface area contributed by atoms with Gasteiger partial charge in [0, 0.05) is 25.8 Å². The minimum Gasteiger partial charge on any atom is -0.491 e. The molecule has 1 aliphatic rings. The van der Waals surface area contributed by atoms with E-state index in [0.29, 0.717) is 13.2 Å². The highest BCUT2D eigenvalue weighted by Gasteiger charge is 2.11. The Labute approximate surface area is 96.1 Å². The maximum Gasteiger partial charge on any atom is 0.126 e. The molecule has 1 aliphatic heterocycles. The molecule has 1 aromatic rings. The zero-order valence-electron chi connectivity index (χ0n) is 9.53. The molecule has 0 saturated carbocycles. The highest BCUT2D eigenvalue weighted by atomic mass is 16.5. The molecule has 0 bridgehead atoms. The van der Waals surface area contributed by atoms with E-state index in [4.69, 9.17) is 9.47 Å². The summed E-state index contributed by atoms with van der Waals surface area (Å²) in [6, 6.07) is 8.14. The Balaban J connectivity index is 2.10. The molecule has 2 rings (SSSR count). The first-order chi connectivity index (χ1) is 7.92. The average Bonchev–Trinajstić information content (AvgIpc) is 2.83. The zero-order valence-corrected chi connectivity index (χ0v) is 9.53. The highest BCUT2D eigenvalue weighted by Crippen LogP contribution is 2.26. The van der Waals surface area contributed by atoms with Crippen molar-refractivity contribution in [3.63, 3.8) is 0 Å². The van der Waals surface area contributed by atoms with Crippen molar-refractivity contribution >= 4 is 5.57 Å². The molecule has 0 saturated heterocycles. The molecule has 1 heterocycles. The van der Waals surface area contributed by atoms with Gasteiger partial charge in [-0.1, -0.05) is 24.3 Å². The molecule has 0 aliphatic carbocycles. The Kier molecular flexibility index (Phi) is 3.97. The summed E-state index contributed by atoms with van der Waals surface area (Å²) in [7, 11) is 1.68. The van der Waals surface area contributed by atoms with Gasteiger partial charge in [0.25, 0.3) is 0 Å². The van der Waals surface area contributed by atoms with Crippen LogP contribution in [0, 0.1) is 0 Å². The third-order valence-corrected chi connectivity index (χ3v) is 2.59. The first kappa shape index (κ1) is 11.2. The smallest absolute Gasteiger partial charge is 0.126 e. The third kappa shape index (κ3) is 2.62. The fraction of sp³-hybridized carbons (Fsp3) is 0.385. The third-order valence-electron chi connectivity index (χ3n) is 2.59. The Morgan fingerprint density at radius 1 is 1.25 bits per heavy atom. The monoisotopic (exact) mass is 219 g/mol. The van der Waals surface area contributed by atoms with Crippen molar-refractivity contribution < 1.29 is 9.47 Å². The van der Waals surface area contributed by atoms with Crippen molar-refractivity contribution in [2.75, 3.05) is 33.4 Å². The van der Waals surface area contributed by atoms with Crippen LogP contribution in [0.2, 0.25) is 0 Å². The molecule has 86 valence electrons. The molecule has 0 fully saturated rings. The maximum absolute atomic E-state index is 5.70. The lowest BCUT2D eigenvalue weighted by Gasteiger charge is -2.11. The second kappa shape index (κ2) is 5.68. The average molecular weight is 219 g/mol. The minimum atomic E-state index is 0.591. The second-order valence-electron chi connectivity index (χ2n) is 3.70. The summed E-state index contributed by atoms with van der Waals surface area (Å²) in [5, 5.41) is 3.29. The number of nitrogens with one attached hydrogen (secondary N) is 1. The summed E-state index contributed by atoms with van der Waals surface area (Å²) >= 11 is 0. The van der Waals surface area contributed by atoms with Crippen LogP contribution in [0.4, 0.5) is 0 Å². The molecular formula is C13H17NO2. The van der Waals surface area contributed by atoms with Crippen molar-refractivity contribution in [3.05, 3.63) is 35.9 Å². The molecule has 0 spiro atoms. The molecular weight excluding hydrogens is 202 g/mol. The summed E-state index contributed by atoms with van der Waals surface area (Å²) in [5.41, 5.74) is 2.50. The van der Waals surface area contributed by atoms with Gasteiger partial charge in [0.2, 0.25) is 0 Å². The van der Waals surface area contributed by atoms with Crippen molar-refractivity contribution in [1.29, 1.82) is 0 Å². The number of hydrogen-bond donors (Lipinski definition) is 1. The second-order valence-corrected chi connectivity index (χ2v) is 3.70. The van der Waals surface area contributed by atoms with Crippen LogP contribution in [0.25, 0.3) is 5.57 Å². The molecule has 3 nitrogen and oxygen atoms in total. The van der Waals surface area contributed by atoms with Crippen LogP contribution in [-0.2, 0) is 4.74 Å². The first-order valence-corrected chi connectivity index (χ1v) is 5.52.